The smallest absolute Gasteiger partial charge is 0.262 e. The topological polar surface area (TPSA) is 83.6 Å². The lowest BCUT2D eigenvalue weighted by atomic mass is 10.0. The van der Waals surface area contributed by atoms with Crippen molar-refractivity contribution in [1.29, 1.82) is 0 Å². The standard InChI is InChI=1S/C13H9IN2O4/c14-6-1-2-7-8(5-6)13(20)16(12(7)19)9-3-4-10(17)15-11(9)18/h1-2,5,9H,3-4H2,(H,15,17,18). The van der Waals surface area contributed by atoms with Gasteiger partial charge in [0.05, 0.1) is 11.1 Å². The van der Waals surface area contributed by atoms with Gasteiger partial charge in [0.2, 0.25) is 11.8 Å². The van der Waals surface area contributed by atoms with Crippen LogP contribution in [-0.4, -0.2) is 34.6 Å². The van der Waals surface area contributed by atoms with E-state index in [1.54, 1.807) is 18.2 Å². The van der Waals surface area contributed by atoms with E-state index >= 15 is 0 Å². The number of amides is 4. The third-order valence-electron chi connectivity index (χ3n) is 3.40. The number of benzene rings is 1. The molecule has 0 aromatic heterocycles. The Morgan fingerprint density at radius 3 is 2.50 bits per heavy atom. The molecule has 1 N–H and O–H groups in total. The summed E-state index contributed by atoms with van der Waals surface area (Å²) in [7, 11) is 0. The third-order valence-corrected chi connectivity index (χ3v) is 4.07. The largest absolute Gasteiger partial charge is 0.295 e. The molecule has 102 valence electrons. The molecule has 6 nitrogen and oxygen atoms in total. The molecule has 0 saturated carbocycles. The van der Waals surface area contributed by atoms with Crippen LogP contribution in [-0.2, 0) is 9.59 Å². The minimum absolute atomic E-state index is 0.126. The summed E-state index contributed by atoms with van der Waals surface area (Å²) in [6, 6.07) is 4.04. The van der Waals surface area contributed by atoms with E-state index in [0.717, 1.165) is 8.47 Å². The van der Waals surface area contributed by atoms with Crippen LogP contribution in [0.25, 0.3) is 0 Å². The Balaban J connectivity index is 1.97. The van der Waals surface area contributed by atoms with Crippen LogP contribution in [0.4, 0.5) is 0 Å². The summed E-state index contributed by atoms with van der Waals surface area (Å²) in [6.45, 7) is 0. The van der Waals surface area contributed by atoms with Crippen molar-refractivity contribution in [1.82, 2.24) is 10.2 Å². The number of halogens is 1. The molecule has 1 aromatic rings. The zero-order chi connectivity index (χ0) is 14.4. The number of rotatable bonds is 1. The zero-order valence-corrected chi connectivity index (χ0v) is 12.3. The van der Waals surface area contributed by atoms with Crippen molar-refractivity contribution in [2.45, 2.75) is 18.9 Å². The van der Waals surface area contributed by atoms with Gasteiger partial charge in [-0.05, 0) is 47.2 Å². The summed E-state index contributed by atoms with van der Waals surface area (Å²) >= 11 is 2.05. The van der Waals surface area contributed by atoms with Crippen LogP contribution in [0.2, 0.25) is 0 Å². The fourth-order valence-corrected chi connectivity index (χ4v) is 2.93. The molecule has 20 heavy (non-hydrogen) atoms. The normalized spacial score (nSPS) is 22.1. The minimum Gasteiger partial charge on any atom is -0.295 e. The van der Waals surface area contributed by atoms with Crippen LogP contribution in [0.1, 0.15) is 33.6 Å². The quantitative estimate of drug-likeness (QED) is 0.571. The van der Waals surface area contributed by atoms with Gasteiger partial charge >= 0.3 is 0 Å². The Hall–Kier alpha value is -1.77. The second-order valence-corrected chi connectivity index (χ2v) is 5.88. The Bertz CT molecular complexity index is 670. The summed E-state index contributed by atoms with van der Waals surface area (Å²) in [4.78, 5) is 48.5. The molecule has 0 bridgehead atoms. The van der Waals surface area contributed by atoms with Gasteiger partial charge < -0.3 is 0 Å². The number of nitrogens with one attached hydrogen (secondary N) is 1. The van der Waals surface area contributed by atoms with Crippen molar-refractivity contribution < 1.29 is 19.2 Å². The predicted molar refractivity (Wildman–Crippen MR) is 75.8 cm³/mol. The van der Waals surface area contributed by atoms with Gasteiger partial charge in [0.15, 0.2) is 0 Å². The maximum atomic E-state index is 12.3. The number of hydrogen-bond donors (Lipinski definition) is 1. The van der Waals surface area contributed by atoms with Gasteiger partial charge in [-0.2, -0.15) is 0 Å². The lowest BCUT2D eigenvalue weighted by molar-refractivity contribution is -0.136. The number of nitrogens with zero attached hydrogens (tertiary/aromatic N) is 1. The molecule has 1 fully saturated rings. The maximum Gasteiger partial charge on any atom is 0.262 e. The van der Waals surface area contributed by atoms with Crippen LogP contribution in [0, 0.1) is 3.57 Å². The van der Waals surface area contributed by atoms with Gasteiger partial charge in [0.25, 0.3) is 11.8 Å². The first-order chi connectivity index (χ1) is 9.49. The van der Waals surface area contributed by atoms with Crippen LogP contribution in [0.3, 0.4) is 0 Å². The Morgan fingerprint density at radius 2 is 1.80 bits per heavy atom. The van der Waals surface area contributed by atoms with Gasteiger partial charge in [-0.3, -0.25) is 29.4 Å². The summed E-state index contributed by atoms with van der Waals surface area (Å²) in [6.07, 6.45) is 0.300. The fourth-order valence-electron chi connectivity index (χ4n) is 2.44. The molecule has 3 rings (SSSR count). The first-order valence-electron chi connectivity index (χ1n) is 6.00. The maximum absolute atomic E-state index is 12.3. The van der Waals surface area contributed by atoms with E-state index in [1.165, 1.54) is 0 Å². The molecular formula is C13H9IN2O4. The van der Waals surface area contributed by atoms with Crippen LogP contribution < -0.4 is 5.32 Å². The molecule has 0 spiro atoms. The zero-order valence-electron chi connectivity index (χ0n) is 10.2. The highest BCUT2D eigenvalue weighted by atomic mass is 127. The Labute approximate surface area is 127 Å². The predicted octanol–water partition coefficient (Wildman–Crippen LogP) is 0.692. The van der Waals surface area contributed by atoms with Crippen molar-refractivity contribution in [3.63, 3.8) is 0 Å². The minimum atomic E-state index is -0.905. The van der Waals surface area contributed by atoms with Gasteiger partial charge in [-0.25, -0.2) is 0 Å². The molecule has 2 heterocycles. The SMILES string of the molecule is O=C1CCC(N2C(=O)c3ccc(I)cc3C2=O)C(=O)N1. The molecular weight excluding hydrogens is 375 g/mol. The van der Waals surface area contributed by atoms with Crippen molar-refractivity contribution in [2.75, 3.05) is 0 Å². The lowest BCUT2D eigenvalue weighted by Gasteiger charge is -2.27. The number of hydrogen-bond acceptors (Lipinski definition) is 4. The van der Waals surface area contributed by atoms with Crippen LogP contribution in [0.15, 0.2) is 18.2 Å². The summed E-state index contributed by atoms with van der Waals surface area (Å²) in [5.41, 5.74) is 0.617. The monoisotopic (exact) mass is 384 g/mol. The van der Waals surface area contributed by atoms with E-state index in [4.69, 9.17) is 0 Å². The second kappa shape index (κ2) is 4.65. The molecule has 2 aliphatic rings. The van der Waals surface area contributed by atoms with E-state index in [9.17, 15) is 19.2 Å². The van der Waals surface area contributed by atoms with Crippen LogP contribution in [0.5, 0.6) is 0 Å². The number of carbonyl (C=O) groups is 4. The average Bonchev–Trinajstić information content (AvgIpc) is 2.63. The van der Waals surface area contributed by atoms with Crippen molar-refractivity contribution in [3.05, 3.63) is 32.9 Å². The van der Waals surface area contributed by atoms with Gasteiger partial charge in [-0.1, -0.05) is 0 Å². The average molecular weight is 384 g/mol. The molecule has 2 aliphatic heterocycles. The van der Waals surface area contributed by atoms with E-state index < -0.39 is 23.8 Å². The molecule has 1 atom stereocenters. The van der Waals surface area contributed by atoms with Crippen molar-refractivity contribution in [3.8, 4) is 0 Å². The van der Waals surface area contributed by atoms with E-state index in [1.807, 2.05) is 0 Å². The molecule has 4 amide bonds. The van der Waals surface area contributed by atoms with E-state index in [2.05, 4.69) is 27.9 Å². The van der Waals surface area contributed by atoms with E-state index in [0.29, 0.717) is 11.1 Å². The second-order valence-electron chi connectivity index (χ2n) is 4.64. The molecule has 1 aromatic carbocycles. The van der Waals surface area contributed by atoms with Crippen molar-refractivity contribution in [2.24, 2.45) is 0 Å². The van der Waals surface area contributed by atoms with Gasteiger partial charge in [0, 0.05) is 9.99 Å². The summed E-state index contributed by atoms with van der Waals surface area (Å²) in [5.74, 6) is -1.92. The molecule has 1 unspecified atom stereocenters. The highest BCUT2D eigenvalue weighted by Crippen LogP contribution is 2.28. The highest BCUT2D eigenvalue weighted by molar-refractivity contribution is 14.1. The fraction of sp³-hybridized carbons (Fsp3) is 0.231. The lowest BCUT2D eigenvalue weighted by Crippen LogP contribution is -2.54. The van der Waals surface area contributed by atoms with E-state index in [-0.39, 0.29) is 18.7 Å². The Kier molecular flexibility index (Phi) is 3.08. The molecule has 7 heteroatoms. The third kappa shape index (κ3) is 1.92. The highest BCUT2D eigenvalue weighted by Gasteiger charge is 2.44. The first-order valence-corrected chi connectivity index (χ1v) is 7.08. The van der Waals surface area contributed by atoms with Crippen LogP contribution >= 0.6 is 22.6 Å². The number of carbonyl (C=O) groups excluding carboxylic acids is 4. The number of piperidine rings is 1. The van der Waals surface area contributed by atoms with Gasteiger partial charge in [0.1, 0.15) is 6.04 Å². The van der Waals surface area contributed by atoms with Crippen molar-refractivity contribution >= 4 is 46.2 Å². The number of fused-ring (bicyclic) bond motifs is 1. The summed E-state index contributed by atoms with van der Waals surface area (Å²) < 4.78 is 0.840. The molecule has 1 saturated heterocycles. The van der Waals surface area contributed by atoms with Gasteiger partial charge in [-0.15, -0.1) is 0 Å². The first kappa shape index (κ1) is 13.2. The Morgan fingerprint density at radius 1 is 1.10 bits per heavy atom. The number of imide groups is 2. The summed E-state index contributed by atoms with van der Waals surface area (Å²) in [5, 5.41) is 2.16. The molecule has 0 radical (unpaired) electrons. The molecule has 0 aliphatic carbocycles.